The van der Waals surface area contributed by atoms with Crippen molar-refractivity contribution < 1.29 is 39.0 Å². The number of carbonyl (C=O) groups excluding carboxylic acids is 3. The molecule has 0 saturated heterocycles. The van der Waals surface area contributed by atoms with Crippen LogP contribution in [0.1, 0.15) is 43.3 Å². The minimum atomic E-state index is -0.583. The number of aromatic nitrogens is 1. The molecule has 0 aliphatic rings. The fourth-order valence-corrected chi connectivity index (χ4v) is 2.47. The summed E-state index contributed by atoms with van der Waals surface area (Å²) in [6, 6.07) is 23.3. The summed E-state index contributed by atoms with van der Waals surface area (Å²) in [6.07, 6.45) is 0. The normalized spacial score (nSPS) is 10.7. The van der Waals surface area contributed by atoms with Crippen molar-refractivity contribution in [2.75, 3.05) is 0 Å². The van der Waals surface area contributed by atoms with E-state index in [4.69, 9.17) is 9.90 Å². The van der Waals surface area contributed by atoms with Crippen molar-refractivity contribution in [2.45, 2.75) is 20.8 Å². The van der Waals surface area contributed by atoms with Crippen LogP contribution in [0.2, 0.25) is 0 Å². The Kier molecular flexibility index (Phi) is 12.4. The molecule has 35 heavy (non-hydrogen) atoms. The van der Waals surface area contributed by atoms with Crippen LogP contribution in [-0.4, -0.2) is 48.9 Å². The van der Waals surface area contributed by atoms with E-state index >= 15 is 0 Å². The maximum absolute atomic E-state index is 10.0. The molecule has 0 atom stereocenters. The predicted molar refractivity (Wildman–Crippen MR) is 135 cm³/mol. The van der Waals surface area contributed by atoms with Gasteiger partial charge in [-0.2, -0.15) is 0 Å². The zero-order valence-corrected chi connectivity index (χ0v) is 22.7. The van der Waals surface area contributed by atoms with Crippen molar-refractivity contribution in [1.82, 2.24) is 4.98 Å². The summed E-state index contributed by atoms with van der Waals surface area (Å²) in [5.74, 6) is -0.927. The van der Waals surface area contributed by atoms with Crippen molar-refractivity contribution in [1.29, 1.82) is 0 Å². The van der Waals surface area contributed by atoms with Gasteiger partial charge in [0.2, 0.25) is 0 Å². The molecule has 0 fully saturated rings. The number of rotatable bonds is 6. The van der Waals surface area contributed by atoms with Gasteiger partial charge in [-0.3, -0.25) is 9.59 Å². The molecule has 3 aromatic rings. The van der Waals surface area contributed by atoms with Crippen LogP contribution >= 0.6 is 0 Å². The van der Waals surface area contributed by atoms with Crippen molar-refractivity contribution in [2.24, 2.45) is 10.2 Å². The average molecular weight is 526 g/mol. The third-order valence-electron chi connectivity index (χ3n) is 4.14. The Morgan fingerprint density at radius 1 is 0.714 bits per heavy atom. The summed E-state index contributed by atoms with van der Waals surface area (Å²) in [5, 5.41) is 14.1. The van der Waals surface area contributed by atoms with Gasteiger partial charge in [-0.15, -0.1) is 0 Å². The minimum absolute atomic E-state index is 0. The molecule has 0 aliphatic carbocycles. The number of carbonyl (C=O) groups is 1. The quantitative estimate of drug-likeness (QED) is 0.209. The van der Waals surface area contributed by atoms with Crippen LogP contribution in [0.4, 0.5) is 0 Å². The van der Waals surface area contributed by atoms with Gasteiger partial charge in [0.25, 0.3) is 11.8 Å². The summed E-state index contributed by atoms with van der Waals surface area (Å²) < 4.78 is 0. The van der Waals surface area contributed by atoms with Crippen LogP contribution < -0.4 is 0 Å². The number of benzene rings is 2. The molecule has 1 heterocycles. The van der Waals surface area contributed by atoms with E-state index in [1.165, 1.54) is 6.92 Å². The van der Waals surface area contributed by atoms with Crippen LogP contribution in [-0.2, 0) is 24.3 Å². The molecule has 3 rings (SSSR count). The van der Waals surface area contributed by atoms with Crippen molar-refractivity contribution >= 4 is 29.2 Å². The van der Waals surface area contributed by atoms with E-state index < -0.39 is 5.97 Å². The van der Waals surface area contributed by atoms with Crippen molar-refractivity contribution in [3.05, 3.63) is 112 Å². The van der Waals surface area contributed by atoms with E-state index in [1.54, 1.807) is 50.2 Å². The van der Waals surface area contributed by atoms with Crippen LogP contribution in [0.5, 0.6) is 0 Å². The molecule has 4 N–H and O–H groups in total. The summed E-state index contributed by atoms with van der Waals surface area (Å²) in [7, 11) is 0. The first-order valence-corrected chi connectivity index (χ1v) is 10.2. The Labute approximate surface area is 216 Å². The number of hydrogen-bond acceptors (Lipinski definition) is 4. The van der Waals surface area contributed by atoms with Crippen LogP contribution in [0.25, 0.3) is 10.9 Å². The topological polar surface area (TPSA) is 149 Å². The molecule has 1 aromatic heterocycles. The molecular weight excluding hydrogens is 500 g/mol. The Bertz CT molecular complexity index is 1110. The van der Waals surface area contributed by atoms with E-state index in [9.17, 15) is 9.59 Å². The number of hydrogen-bond donors (Lipinski definition) is 0. The van der Waals surface area contributed by atoms with E-state index in [-0.39, 0.29) is 31.3 Å². The van der Waals surface area contributed by atoms with Gasteiger partial charge in [0.15, 0.2) is 0 Å². The summed E-state index contributed by atoms with van der Waals surface area (Å²) in [5.41, 5.74) is 11.1. The van der Waals surface area contributed by atoms with Gasteiger partial charge < -0.3 is 26.2 Å². The molecule has 174 valence electrons. The second-order valence-corrected chi connectivity index (χ2v) is 6.91. The van der Waals surface area contributed by atoms with Gasteiger partial charge in [0, 0.05) is 16.2 Å². The molecule has 0 aliphatic heterocycles. The Hall–Kier alpha value is -4.04. The maximum Gasteiger partial charge on any atom is 2.00 e. The molecule has 0 unspecified atom stereocenters. The monoisotopic (exact) mass is 524 g/mol. The molecule has 0 bridgehead atoms. The minimum Gasteiger partial charge on any atom is -0.565 e. The SMILES string of the molecule is CC(=N[N-]C(=[OH+])c1ccccc1)c1cccc(C(C)=N[N-]C(=[OH+])c2ccccc2)n1.CC(=O)[OH2+].[Zn+2]. The average Bonchev–Trinajstić information content (AvgIpc) is 2.86. The van der Waals surface area contributed by atoms with Gasteiger partial charge in [0.1, 0.15) is 0 Å². The summed E-state index contributed by atoms with van der Waals surface area (Å²) in [4.78, 5) is 33.7. The third-order valence-corrected chi connectivity index (χ3v) is 4.14. The third kappa shape index (κ3) is 10.2. The second-order valence-electron chi connectivity index (χ2n) is 6.91. The predicted octanol–water partition coefficient (Wildman–Crippen LogP) is 3.63. The standard InChI is InChI=1S/C23H21N5O2.C2H4O2.Zn/c1-16(25-27-22(29)18-10-5-3-6-11-18)20-14-9-15-21(24-20)17(2)26-28-23(30)19-12-7-4-8-13-19;1-2(3)4;/h3-15H,1-2H3,(H2,24,27,28,29,30);1H3,(H,3,4);/q;;+2/p+1. The Morgan fingerprint density at radius 2 is 1.06 bits per heavy atom. The largest absolute Gasteiger partial charge is 2.00 e. The maximum atomic E-state index is 10.0. The first-order valence-electron chi connectivity index (χ1n) is 10.2. The molecule has 0 spiro atoms. The van der Waals surface area contributed by atoms with Gasteiger partial charge in [-0.05, 0) is 50.2 Å². The van der Waals surface area contributed by atoms with Crippen LogP contribution in [0.3, 0.4) is 0 Å². The first-order chi connectivity index (χ1) is 16.3. The van der Waals surface area contributed by atoms with E-state index in [0.29, 0.717) is 33.9 Å². The zero-order chi connectivity index (χ0) is 24.9. The second kappa shape index (κ2) is 15.0. The Balaban J connectivity index is 0.00000114. The van der Waals surface area contributed by atoms with Gasteiger partial charge in [-0.1, -0.05) is 42.5 Å². The Morgan fingerprint density at radius 3 is 1.40 bits per heavy atom. The van der Waals surface area contributed by atoms with E-state index in [0.717, 1.165) is 0 Å². The van der Waals surface area contributed by atoms with Crippen molar-refractivity contribution in [3.63, 3.8) is 0 Å². The molecule has 0 saturated carbocycles. The zero-order valence-electron chi connectivity index (χ0n) is 19.8. The summed E-state index contributed by atoms with van der Waals surface area (Å²) in [6.45, 7) is 4.69. The molecule has 2 amide bonds. The molecule has 9 nitrogen and oxygen atoms in total. The van der Waals surface area contributed by atoms with E-state index in [1.807, 2.05) is 42.5 Å². The summed E-state index contributed by atoms with van der Waals surface area (Å²) >= 11 is 0. The van der Waals surface area contributed by atoms with Crippen molar-refractivity contribution in [3.8, 4) is 0 Å². The van der Waals surface area contributed by atoms with Crippen LogP contribution in [0.15, 0.2) is 89.1 Å². The fraction of sp³-hybridized carbons (Fsp3) is 0.120. The number of nitrogens with zero attached hydrogens (tertiary/aromatic N) is 5. The molecule has 0 radical (unpaired) electrons. The first kappa shape index (κ1) is 29.0. The van der Waals surface area contributed by atoms with E-state index in [2.05, 4.69) is 26.0 Å². The molecular formula is C25H26N5O4Zn+3. The molecule has 10 heteroatoms. The smallest absolute Gasteiger partial charge is 0.565 e. The fourth-order valence-electron chi connectivity index (χ4n) is 2.47. The van der Waals surface area contributed by atoms with Gasteiger partial charge in [0.05, 0.1) is 29.4 Å². The number of pyridine rings is 1. The van der Waals surface area contributed by atoms with Gasteiger partial charge in [-0.25, -0.2) is 4.98 Å². The molecule has 2 aromatic carbocycles. The number of amides is 2. The van der Waals surface area contributed by atoms with Crippen LogP contribution in [0, 0.1) is 0 Å². The van der Waals surface area contributed by atoms with Gasteiger partial charge >= 0.3 is 25.4 Å².